The molecule has 0 saturated carbocycles. The number of aliphatic imine (C=N–C) groups is 1. The Balaban J connectivity index is 0.00000280. The van der Waals surface area contributed by atoms with Gasteiger partial charge in [-0.2, -0.15) is 0 Å². The van der Waals surface area contributed by atoms with Gasteiger partial charge in [-0.25, -0.2) is 9.98 Å². The lowest BCUT2D eigenvalue weighted by atomic mass is 10.00. The van der Waals surface area contributed by atoms with E-state index in [-0.39, 0.29) is 24.0 Å². The average Bonchev–Trinajstić information content (AvgIpc) is 3.09. The van der Waals surface area contributed by atoms with Gasteiger partial charge in [0, 0.05) is 43.8 Å². The summed E-state index contributed by atoms with van der Waals surface area (Å²) < 4.78 is 0. The molecule has 8 heteroatoms. The normalized spacial score (nSPS) is 15.5. The third-order valence-electron chi connectivity index (χ3n) is 4.57. The summed E-state index contributed by atoms with van der Waals surface area (Å²) in [6, 6.07) is 8.57. The number of nitrogens with zero attached hydrogens (tertiary/aromatic N) is 3. The fourth-order valence-corrected chi connectivity index (χ4v) is 3.96. The molecule has 3 N–H and O–H groups in total. The van der Waals surface area contributed by atoms with Gasteiger partial charge < -0.3 is 15.7 Å². The summed E-state index contributed by atoms with van der Waals surface area (Å²) in [5.41, 5.74) is 2.80. The molecule has 6 nitrogen and oxygen atoms in total. The predicted molar refractivity (Wildman–Crippen MR) is 127 cm³/mol. The second-order valence-electron chi connectivity index (χ2n) is 6.85. The third kappa shape index (κ3) is 6.98. The van der Waals surface area contributed by atoms with Gasteiger partial charge in [-0.3, -0.25) is 4.90 Å². The Hall–Kier alpha value is -1.23. The van der Waals surface area contributed by atoms with E-state index in [0.29, 0.717) is 25.6 Å². The van der Waals surface area contributed by atoms with Gasteiger partial charge in [-0.05, 0) is 31.4 Å². The first-order chi connectivity index (χ1) is 13.1. The van der Waals surface area contributed by atoms with E-state index in [1.807, 2.05) is 20.0 Å². The fourth-order valence-electron chi connectivity index (χ4n) is 3.25. The van der Waals surface area contributed by atoms with Gasteiger partial charge in [-0.15, -0.1) is 35.3 Å². The second kappa shape index (κ2) is 11.7. The first-order valence-electron chi connectivity index (χ1n) is 9.54. The highest BCUT2D eigenvalue weighted by Gasteiger charge is 2.18. The van der Waals surface area contributed by atoms with Crippen molar-refractivity contribution in [1.29, 1.82) is 0 Å². The quantitative estimate of drug-likeness (QED) is 0.301. The molecule has 1 unspecified atom stereocenters. The number of thiazole rings is 1. The molecule has 3 rings (SSSR count). The third-order valence-corrected chi connectivity index (χ3v) is 5.47. The van der Waals surface area contributed by atoms with Crippen LogP contribution in [0.1, 0.15) is 27.9 Å². The summed E-state index contributed by atoms with van der Waals surface area (Å²) in [4.78, 5) is 12.4. The molecule has 2 aromatic rings. The first kappa shape index (κ1) is 23.1. The van der Waals surface area contributed by atoms with Crippen LogP contribution in [0.25, 0.3) is 0 Å². The molecule has 1 aromatic heterocycles. The largest absolute Gasteiger partial charge is 0.390 e. The number of rotatable bonds is 7. The second-order valence-corrected chi connectivity index (χ2v) is 8.17. The topological polar surface area (TPSA) is 72.8 Å². The van der Waals surface area contributed by atoms with E-state index in [1.54, 1.807) is 11.3 Å². The smallest absolute Gasteiger partial charge is 0.191 e. The van der Waals surface area contributed by atoms with Crippen molar-refractivity contribution < 1.29 is 5.11 Å². The molecule has 28 heavy (non-hydrogen) atoms. The number of halogens is 1. The minimum absolute atomic E-state index is 0. The molecule has 1 atom stereocenters. The van der Waals surface area contributed by atoms with Crippen LogP contribution in [0.3, 0.4) is 0 Å². The van der Waals surface area contributed by atoms with Crippen molar-refractivity contribution in [3.63, 3.8) is 0 Å². The fraction of sp³-hybridized carbons (Fsp3) is 0.500. The monoisotopic (exact) mass is 515 g/mol. The highest BCUT2D eigenvalue weighted by Crippen LogP contribution is 2.18. The molecule has 1 aliphatic rings. The van der Waals surface area contributed by atoms with Crippen LogP contribution in [0.2, 0.25) is 0 Å². The molecular formula is C20H30IN5OS. The standard InChI is InChI=1S/C20H29N5OS.HI/c1-3-21-20(24-12-19-22-10-15(2)27-19)23-11-18(26)14-25-9-8-16-6-4-5-7-17(16)13-25;/h4-7,10,18,26H,3,8-9,11-14H2,1-2H3,(H2,21,23,24);1H. The van der Waals surface area contributed by atoms with Crippen molar-refractivity contribution >= 4 is 41.3 Å². The van der Waals surface area contributed by atoms with Crippen LogP contribution in [0.5, 0.6) is 0 Å². The maximum absolute atomic E-state index is 10.5. The molecule has 0 saturated heterocycles. The van der Waals surface area contributed by atoms with Crippen molar-refractivity contribution in [3.8, 4) is 0 Å². The molecule has 0 aliphatic carbocycles. The van der Waals surface area contributed by atoms with E-state index in [2.05, 4.69) is 49.8 Å². The predicted octanol–water partition coefficient (Wildman–Crippen LogP) is 2.54. The number of β-amino-alcohol motifs (C(OH)–C–C–N with tert-alkyl or cyclic N) is 1. The molecule has 1 aromatic carbocycles. The summed E-state index contributed by atoms with van der Waals surface area (Å²) in [7, 11) is 0. The van der Waals surface area contributed by atoms with Gasteiger partial charge in [-0.1, -0.05) is 24.3 Å². The number of hydrogen-bond donors (Lipinski definition) is 3. The summed E-state index contributed by atoms with van der Waals surface area (Å²) in [6.45, 7) is 8.44. The number of aryl methyl sites for hydroxylation is 1. The zero-order chi connectivity index (χ0) is 19.1. The highest BCUT2D eigenvalue weighted by atomic mass is 127. The maximum Gasteiger partial charge on any atom is 0.191 e. The van der Waals surface area contributed by atoms with Crippen molar-refractivity contribution in [3.05, 3.63) is 51.5 Å². The molecule has 154 valence electrons. The van der Waals surface area contributed by atoms with E-state index >= 15 is 0 Å². The van der Waals surface area contributed by atoms with E-state index in [1.165, 1.54) is 16.0 Å². The number of fused-ring (bicyclic) bond motifs is 1. The van der Waals surface area contributed by atoms with Gasteiger partial charge >= 0.3 is 0 Å². The minimum atomic E-state index is -0.443. The lowest BCUT2D eigenvalue weighted by molar-refractivity contribution is 0.108. The Labute approximate surface area is 188 Å². The average molecular weight is 515 g/mol. The van der Waals surface area contributed by atoms with E-state index < -0.39 is 6.10 Å². The molecule has 0 spiro atoms. The molecular weight excluding hydrogens is 485 g/mol. The van der Waals surface area contributed by atoms with Crippen LogP contribution in [-0.4, -0.2) is 53.2 Å². The van der Waals surface area contributed by atoms with Crippen molar-refractivity contribution in [2.75, 3.05) is 26.2 Å². The van der Waals surface area contributed by atoms with Crippen LogP contribution in [0.4, 0.5) is 0 Å². The van der Waals surface area contributed by atoms with Crippen LogP contribution < -0.4 is 10.6 Å². The SMILES string of the molecule is CCNC(=NCc1ncc(C)s1)NCC(O)CN1CCc2ccccc2C1.I. The Bertz CT molecular complexity index is 767. The number of hydrogen-bond acceptors (Lipinski definition) is 5. The number of aliphatic hydroxyl groups excluding tert-OH is 1. The van der Waals surface area contributed by atoms with Gasteiger partial charge in [0.25, 0.3) is 0 Å². The van der Waals surface area contributed by atoms with Gasteiger partial charge in [0.15, 0.2) is 5.96 Å². The summed E-state index contributed by atoms with van der Waals surface area (Å²) >= 11 is 1.66. The van der Waals surface area contributed by atoms with Crippen molar-refractivity contribution in [2.45, 2.75) is 39.5 Å². The molecule has 2 heterocycles. The zero-order valence-electron chi connectivity index (χ0n) is 16.5. The first-order valence-corrected chi connectivity index (χ1v) is 10.4. The van der Waals surface area contributed by atoms with Crippen LogP contribution in [0.15, 0.2) is 35.5 Å². The number of nitrogens with one attached hydrogen (secondary N) is 2. The van der Waals surface area contributed by atoms with Crippen LogP contribution >= 0.6 is 35.3 Å². The van der Waals surface area contributed by atoms with Gasteiger partial charge in [0.1, 0.15) is 5.01 Å². The molecule has 1 aliphatic heterocycles. The number of aromatic nitrogens is 1. The number of guanidine groups is 1. The van der Waals surface area contributed by atoms with Gasteiger partial charge in [0.05, 0.1) is 12.6 Å². The van der Waals surface area contributed by atoms with Crippen molar-refractivity contribution in [2.24, 2.45) is 4.99 Å². The summed E-state index contributed by atoms with van der Waals surface area (Å²) in [5.74, 6) is 0.716. The minimum Gasteiger partial charge on any atom is -0.390 e. The Morgan fingerprint density at radius 3 is 2.82 bits per heavy atom. The lowest BCUT2D eigenvalue weighted by Crippen LogP contribution is -2.45. The van der Waals surface area contributed by atoms with Crippen LogP contribution in [-0.2, 0) is 19.5 Å². The highest BCUT2D eigenvalue weighted by molar-refractivity contribution is 14.0. The zero-order valence-corrected chi connectivity index (χ0v) is 19.7. The number of aliphatic hydroxyl groups is 1. The van der Waals surface area contributed by atoms with Gasteiger partial charge in [0.2, 0.25) is 0 Å². The molecule has 0 amide bonds. The van der Waals surface area contributed by atoms with Crippen LogP contribution in [0, 0.1) is 6.92 Å². The van der Waals surface area contributed by atoms with E-state index in [0.717, 1.165) is 31.1 Å². The summed E-state index contributed by atoms with van der Waals surface area (Å²) in [6.07, 6.45) is 2.48. The van der Waals surface area contributed by atoms with E-state index in [4.69, 9.17) is 0 Å². The Morgan fingerprint density at radius 1 is 1.32 bits per heavy atom. The number of benzene rings is 1. The molecule has 0 fully saturated rings. The van der Waals surface area contributed by atoms with E-state index in [9.17, 15) is 5.11 Å². The van der Waals surface area contributed by atoms with Crippen molar-refractivity contribution in [1.82, 2.24) is 20.5 Å². The molecule has 0 bridgehead atoms. The summed E-state index contributed by atoms with van der Waals surface area (Å²) in [5, 5.41) is 17.9. The lowest BCUT2D eigenvalue weighted by Gasteiger charge is -2.30. The maximum atomic E-state index is 10.5. The Kier molecular flexibility index (Phi) is 9.63. The Morgan fingerprint density at radius 2 is 2.11 bits per heavy atom. The molecule has 0 radical (unpaired) electrons.